The third-order valence-electron chi connectivity index (χ3n) is 5.43. The van der Waals surface area contributed by atoms with Crippen molar-refractivity contribution in [2.45, 2.75) is 20.4 Å². The average molecular weight is 366 g/mol. The minimum Gasteiger partial charge on any atom is -0.369 e. The van der Waals surface area contributed by atoms with E-state index in [0.717, 1.165) is 43.8 Å². The van der Waals surface area contributed by atoms with E-state index in [1.54, 1.807) is 0 Å². The van der Waals surface area contributed by atoms with Crippen LogP contribution >= 0.6 is 11.6 Å². The maximum Gasteiger partial charge on any atom is 0.134 e. The summed E-state index contributed by atoms with van der Waals surface area (Å²) >= 11 is 6.52. The summed E-state index contributed by atoms with van der Waals surface area (Å²) in [5.74, 6) is 0. The molecule has 1 fully saturated rings. The Morgan fingerprint density at radius 1 is 0.962 bits per heavy atom. The minimum atomic E-state index is 0.636. The van der Waals surface area contributed by atoms with Crippen molar-refractivity contribution < 1.29 is 0 Å². The number of aryl methyl sites for hydroxylation is 2. The molecule has 0 spiro atoms. The van der Waals surface area contributed by atoms with Crippen LogP contribution in [0.25, 0.3) is 10.9 Å². The number of para-hydroxylation sites is 1. The van der Waals surface area contributed by atoms with E-state index in [4.69, 9.17) is 16.6 Å². The van der Waals surface area contributed by atoms with Crippen LogP contribution in [0, 0.1) is 13.8 Å². The van der Waals surface area contributed by atoms with Crippen molar-refractivity contribution in [1.82, 2.24) is 9.88 Å². The highest BCUT2D eigenvalue weighted by atomic mass is 35.5. The van der Waals surface area contributed by atoms with E-state index in [0.29, 0.717) is 5.15 Å². The maximum absolute atomic E-state index is 6.52. The fraction of sp³-hybridized carbons (Fsp3) is 0.318. The minimum absolute atomic E-state index is 0.636. The van der Waals surface area contributed by atoms with E-state index in [1.807, 2.05) is 0 Å². The summed E-state index contributed by atoms with van der Waals surface area (Å²) in [7, 11) is 0. The lowest BCUT2D eigenvalue weighted by atomic mass is 10.0. The first-order valence-electron chi connectivity index (χ1n) is 9.19. The van der Waals surface area contributed by atoms with Crippen molar-refractivity contribution in [3.8, 4) is 0 Å². The van der Waals surface area contributed by atoms with Gasteiger partial charge in [0, 0.05) is 49.4 Å². The van der Waals surface area contributed by atoms with E-state index < -0.39 is 0 Å². The van der Waals surface area contributed by atoms with Crippen molar-refractivity contribution >= 4 is 28.2 Å². The molecule has 2 aromatic carbocycles. The Labute approximate surface area is 160 Å². The predicted octanol–water partition coefficient (Wildman–Crippen LogP) is 4.83. The summed E-state index contributed by atoms with van der Waals surface area (Å²) in [5.41, 5.74) is 5.92. The monoisotopic (exact) mass is 365 g/mol. The molecule has 3 nitrogen and oxygen atoms in total. The zero-order chi connectivity index (χ0) is 18.1. The van der Waals surface area contributed by atoms with Crippen LogP contribution in [0.15, 0.2) is 48.5 Å². The molecule has 1 aromatic heterocycles. The predicted molar refractivity (Wildman–Crippen MR) is 110 cm³/mol. The van der Waals surface area contributed by atoms with Crippen molar-refractivity contribution in [1.29, 1.82) is 0 Å². The topological polar surface area (TPSA) is 19.4 Å². The maximum atomic E-state index is 6.52. The van der Waals surface area contributed by atoms with Gasteiger partial charge in [0.05, 0.1) is 5.52 Å². The van der Waals surface area contributed by atoms with Crippen LogP contribution in [0.4, 0.5) is 5.69 Å². The lowest BCUT2D eigenvalue weighted by Gasteiger charge is -2.36. The van der Waals surface area contributed by atoms with Gasteiger partial charge in [-0.15, -0.1) is 0 Å². The number of halogens is 1. The highest BCUT2D eigenvalue weighted by molar-refractivity contribution is 6.30. The summed E-state index contributed by atoms with van der Waals surface area (Å²) < 4.78 is 0. The Morgan fingerprint density at radius 2 is 1.69 bits per heavy atom. The highest BCUT2D eigenvalue weighted by Crippen LogP contribution is 2.26. The summed E-state index contributed by atoms with van der Waals surface area (Å²) in [6.45, 7) is 9.25. The van der Waals surface area contributed by atoms with Gasteiger partial charge in [0.25, 0.3) is 0 Å². The van der Waals surface area contributed by atoms with Crippen molar-refractivity contribution in [3.63, 3.8) is 0 Å². The van der Waals surface area contributed by atoms with Crippen molar-refractivity contribution in [2.75, 3.05) is 31.1 Å². The van der Waals surface area contributed by atoms with Crippen LogP contribution in [-0.2, 0) is 6.54 Å². The number of piperazine rings is 1. The van der Waals surface area contributed by atoms with Crippen LogP contribution in [0.3, 0.4) is 0 Å². The number of nitrogens with zero attached hydrogens (tertiary/aromatic N) is 3. The number of anilines is 1. The lowest BCUT2D eigenvalue weighted by molar-refractivity contribution is 0.250. The third kappa shape index (κ3) is 3.42. The Bertz CT molecular complexity index is 916. The van der Waals surface area contributed by atoms with E-state index in [-0.39, 0.29) is 0 Å². The molecule has 134 valence electrons. The quantitative estimate of drug-likeness (QED) is 0.620. The molecule has 0 aliphatic carbocycles. The van der Waals surface area contributed by atoms with E-state index in [1.165, 1.54) is 22.2 Å². The van der Waals surface area contributed by atoms with E-state index >= 15 is 0 Å². The first kappa shape index (κ1) is 17.3. The van der Waals surface area contributed by atoms with Gasteiger partial charge in [-0.2, -0.15) is 0 Å². The molecular formula is C22H24ClN3. The normalized spacial score (nSPS) is 15.6. The summed E-state index contributed by atoms with van der Waals surface area (Å²) in [5, 5.41) is 1.81. The SMILES string of the molecule is Cc1ccc2cc(CN3CCN(c4ccccc4)CC3)c(Cl)nc2c1C. The van der Waals surface area contributed by atoms with Gasteiger partial charge in [-0.3, -0.25) is 4.90 Å². The molecular weight excluding hydrogens is 342 g/mol. The smallest absolute Gasteiger partial charge is 0.134 e. The number of aromatic nitrogens is 1. The lowest BCUT2D eigenvalue weighted by Crippen LogP contribution is -2.46. The van der Waals surface area contributed by atoms with Crippen LogP contribution in [-0.4, -0.2) is 36.1 Å². The number of rotatable bonds is 3. The fourth-order valence-corrected chi connectivity index (χ4v) is 3.86. The van der Waals surface area contributed by atoms with Gasteiger partial charge < -0.3 is 4.90 Å². The molecule has 0 bridgehead atoms. The molecule has 2 heterocycles. The number of pyridine rings is 1. The summed E-state index contributed by atoms with van der Waals surface area (Å²) in [4.78, 5) is 9.61. The molecule has 0 amide bonds. The summed E-state index contributed by atoms with van der Waals surface area (Å²) in [6, 6.07) is 17.2. The molecule has 0 N–H and O–H groups in total. The number of fused-ring (bicyclic) bond motifs is 1. The zero-order valence-corrected chi connectivity index (χ0v) is 16.1. The van der Waals surface area contributed by atoms with Crippen LogP contribution in [0.5, 0.6) is 0 Å². The summed E-state index contributed by atoms with van der Waals surface area (Å²) in [6.07, 6.45) is 0. The first-order valence-corrected chi connectivity index (χ1v) is 9.57. The van der Waals surface area contributed by atoms with Gasteiger partial charge >= 0.3 is 0 Å². The van der Waals surface area contributed by atoms with E-state index in [2.05, 4.69) is 72.2 Å². The standard InChI is InChI=1S/C22H24ClN3/c1-16-8-9-18-14-19(22(23)24-21(18)17(16)2)15-25-10-12-26(13-11-25)20-6-4-3-5-7-20/h3-9,14H,10-13,15H2,1-2H3. The molecule has 4 heteroatoms. The van der Waals surface area contributed by atoms with Gasteiger partial charge in [-0.05, 0) is 43.2 Å². The van der Waals surface area contributed by atoms with Gasteiger partial charge in [-0.1, -0.05) is 41.9 Å². The van der Waals surface area contributed by atoms with Crippen LogP contribution in [0.1, 0.15) is 16.7 Å². The molecule has 1 aliphatic heterocycles. The van der Waals surface area contributed by atoms with Crippen molar-refractivity contribution in [2.24, 2.45) is 0 Å². The molecule has 3 aromatic rings. The Hall–Kier alpha value is -2.10. The largest absolute Gasteiger partial charge is 0.369 e. The van der Waals surface area contributed by atoms with Gasteiger partial charge in [0.2, 0.25) is 0 Å². The zero-order valence-electron chi connectivity index (χ0n) is 15.4. The van der Waals surface area contributed by atoms with Crippen LogP contribution in [0.2, 0.25) is 5.15 Å². The average Bonchev–Trinajstić information content (AvgIpc) is 2.67. The van der Waals surface area contributed by atoms with Crippen molar-refractivity contribution in [3.05, 3.63) is 70.4 Å². The van der Waals surface area contributed by atoms with Gasteiger partial charge in [0.15, 0.2) is 0 Å². The Kier molecular flexibility index (Phi) is 4.84. The first-order chi connectivity index (χ1) is 12.6. The molecule has 1 saturated heterocycles. The Balaban J connectivity index is 1.48. The fourth-order valence-electron chi connectivity index (χ4n) is 3.66. The number of hydrogen-bond donors (Lipinski definition) is 0. The van der Waals surface area contributed by atoms with E-state index in [9.17, 15) is 0 Å². The number of hydrogen-bond acceptors (Lipinski definition) is 3. The molecule has 26 heavy (non-hydrogen) atoms. The molecule has 0 atom stereocenters. The second-order valence-electron chi connectivity index (χ2n) is 7.12. The Morgan fingerprint density at radius 3 is 2.42 bits per heavy atom. The second kappa shape index (κ2) is 7.26. The molecule has 0 radical (unpaired) electrons. The molecule has 4 rings (SSSR count). The second-order valence-corrected chi connectivity index (χ2v) is 7.47. The van der Waals surface area contributed by atoms with Gasteiger partial charge in [0.1, 0.15) is 5.15 Å². The number of benzene rings is 2. The van der Waals surface area contributed by atoms with Gasteiger partial charge in [-0.25, -0.2) is 4.98 Å². The third-order valence-corrected chi connectivity index (χ3v) is 5.75. The van der Waals surface area contributed by atoms with Crippen LogP contribution < -0.4 is 4.90 Å². The molecule has 0 saturated carbocycles. The highest BCUT2D eigenvalue weighted by Gasteiger charge is 2.19. The molecule has 1 aliphatic rings. The molecule has 0 unspecified atom stereocenters.